The molecule has 0 saturated carbocycles. The van der Waals surface area contributed by atoms with Gasteiger partial charge in [0.1, 0.15) is 6.10 Å². The van der Waals surface area contributed by atoms with Gasteiger partial charge in [0.05, 0.1) is 17.4 Å². The lowest BCUT2D eigenvalue weighted by molar-refractivity contribution is -0.0518. The van der Waals surface area contributed by atoms with Crippen molar-refractivity contribution < 1.29 is 15.3 Å². The molecule has 1 heterocycles. The molecule has 0 spiro atoms. The zero-order valence-corrected chi connectivity index (χ0v) is 21.9. The van der Waals surface area contributed by atoms with Crippen LogP contribution in [0.1, 0.15) is 102 Å². The molecule has 1 aromatic heterocycles. The molecular formula is C30H41NO3. The molecule has 4 nitrogen and oxygen atoms in total. The van der Waals surface area contributed by atoms with Crippen LogP contribution in [0, 0.1) is 17.8 Å². The Morgan fingerprint density at radius 1 is 1.03 bits per heavy atom. The first-order valence-electron chi connectivity index (χ1n) is 12.9. The highest BCUT2D eigenvalue weighted by atomic mass is 16.3. The van der Waals surface area contributed by atoms with Crippen molar-refractivity contribution in [2.75, 3.05) is 0 Å². The average molecular weight is 464 g/mol. The minimum Gasteiger partial charge on any atom is -0.392 e. The van der Waals surface area contributed by atoms with E-state index in [1.54, 1.807) is 19.4 Å². The highest BCUT2D eigenvalue weighted by molar-refractivity contribution is 5.56. The molecule has 4 atom stereocenters. The predicted molar refractivity (Wildman–Crippen MR) is 135 cm³/mol. The number of rotatable bonds is 2. The van der Waals surface area contributed by atoms with Crippen LogP contribution in [0.2, 0.25) is 0 Å². The van der Waals surface area contributed by atoms with Gasteiger partial charge < -0.3 is 15.3 Å². The standard InChI is InChI=1S/C30H41NO3/c1-17-14-22(26(33)28(4,5)34)31-23-16-30(7)21-10-9-20-18(8-11-24(32)27(20,2)3)15-19(21)12-13-29(30,6)25(17)23/h9-10,14,24,26,32-34H,8,11-13,15-16H2,1-7H3/t24-,26-,29+,30-/m0/s1. The number of aryl methyl sites for hydroxylation is 1. The van der Waals surface area contributed by atoms with Crippen molar-refractivity contribution in [2.45, 2.75) is 110 Å². The fourth-order valence-corrected chi connectivity index (χ4v) is 7.54. The van der Waals surface area contributed by atoms with Crippen molar-refractivity contribution in [3.63, 3.8) is 0 Å². The molecule has 0 unspecified atom stereocenters. The maximum Gasteiger partial charge on any atom is 0.124 e. The van der Waals surface area contributed by atoms with Gasteiger partial charge in [-0.3, -0.25) is 4.98 Å². The normalized spacial score (nSPS) is 33.2. The van der Waals surface area contributed by atoms with E-state index in [2.05, 4.69) is 46.8 Å². The third-order valence-corrected chi connectivity index (χ3v) is 9.92. The third kappa shape index (κ3) is 3.18. The van der Waals surface area contributed by atoms with Gasteiger partial charge in [-0.25, -0.2) is 0 Å². The third-order valence-electron chi connectivity index (χ3n) is 9.92. The fraction of sp³-hybridized carbons (Fsp3) is 0.633. The van der Waals surface area contributed by atoms with Gasteiger partial charge in [-0.15, -0.1) is 0 Å². The van der Waals surface area contributed by atoms with E-state index < -0.39 is 11.7 Å². The average Bonchev–Trinajstić information content (AvgIpc) is 2.85. The Labute approximate surface area is 204 Å². The molecule has 0 amide bonds. The second-order valence-electron chi connectivity index (χ2n) is 12.9. The number of hydrogen-bond acceptors (Lipinski definition) is 4. The Hall–Kier alpha value is -1.75. The van der Waals surface area contributed by atoms with Crippen LogP contribution in [-0.4, -0.2) is 32.0 Å². The smallest absolute Gasteiger partial charge is 0.124 e. The highest BCUT2D eigenvalue weighted by Crippen LogP contribution is 2.63. The zero-order valence-electron chi connectivity index (χ0n) is 21.9. The summed E-state index contributed by atoms with van der Waals surface area (Å²) in [7, 11) is 0. The number of hydrogen-bond donors (Lipinski definition) is 3. The van der Waals surface area contributed by atoms with Crippen molar-refractivity contribution in [3.8, 4) is 0 Å². The second kappa shape index (κ2) is 7.38. The van der Waals surface area contributed by atoms with Gasteiger partial charge in [0.25, 0.3) is 0 Å². The van der Waals surface area contributed by atoms with Crippen LogP contribution < -0.4 is 0 Å². The molecule has 0 fully saturated rings. The Kier molecular flexibility index (Phi) is 5.20. The summed E-state index contributed by atoms with van der Waals surface area (Å²) in [5, 5.41) is 31.9. The SMILES string of the molecule is Cc1cc([C@H](O)C(C)(C)O)nc2c1[C@@]1(C)CCC3=C(C=CC4=C(CC[C@H](O)C4(C)C)C3)[C@]1(C)C2. The summed E-state index contributed by atoms with van der Waals surface area (Å²) in [6, 6.07) is 1.98. The molecule has 0 radical (unpaired) electrons. The molecule has 0 aliphatic heterocycles. The Morgan fingerprint density at radius 2 is 1.68 bits per heavy atom. The second-order valence-corrected chi connectivity index (χ2v) is 12.9. The molecule has 1 aromatic rings. The topological polar surface area (TPSA) is 73.6 Å². The van der Waals surface area contributed by atoms with E-state index in [9.17, 15) is 15.3 Å². The number of aliphatic hydroxyl groups excluding tert-OH is 2. The van der Waals surface area contributed by atoms with E-state index in [1.807, 2.05) is 6.07 Å². The summed E-state index contributed by atoms with van der Waals surface area (Å²) < 4.78 is 0. The number of pyridine rings is 1. The minimum atomic E-state index is -1.24. The Morgan fingerprint density at radius 3 is 2.35 bits per heavy atom. The van der Waals surface area contributed by atoms with Crippen molar-refractivity contribution in [3.05, 3.63) is 63.0 Å². The summed E-state index contributed by atoms with van der Waals surface area (Å²) in [5.41, 5.74) is 8.40. The first-order valence-corrected chi connectivity index (χ1v) is 12.9. The van der Waals surface area contributed by atoms with Crippen LogP contribution in [0.15, 0.2) is 40.5 Å². The van der Waals surface area contributed by atoms with Gasteiger partial charge in [-0.05, 0) is 81.2 Å². The molecule has 4 aliphatic carbocycles. The van der Waals surface area contributed by atoms with E-state index >= 15 is 0 Å². The molecule has 34 heavy (non-hydrogen) atoms. The van der Waals surface area contributed by atoms with E-state index in [4.69, 9.17) is 4.98 Å². The molecule has 184 valence electrons. The van der Waals surface area contributed by atoms with E-state index in [-0.39, 0.29) is 22.3 Å². The summed E-state index contributed by atoms with van der Waals surface area (Å²) in [6.45, 7) is 14.6. The summed E-state index contributed by atoms with van der Waals surface area (Å²) in [5.74, 6) is 0. The molecule has 0 bridgehead atoms. The quantitative estimate of drug-likeness (QED) is 0.538. The molecule has 0 saturated heterocycles. The predicted octanol–water partition coefficient (Wildman–Crippen LogP) is 5.54. The van der Waals surface area contributed by atoms with Crippen LogP contribution in [-0.2, 0) is 11.8 Å². The van der Waals surface area contributed by atoms with Gasteiger partial charge in [-0.2, -0.15) is 0 Å². The number of allylic oxidation sites excluding steroid dienone is 5. The van der Waals surface area contributed by atoms with Gasteiger partial charge >= 0.3 is 0 Å². The lowest BCUT2D eigenvalue weighted by atomic mass is 9.55. The zero-order chi connectivity index (χ0) is 24.8. The van der Waals surface area contributed by atoms with Crippen LogP contribution in [0.25, 0.3) is 0 Å². The lowest BCUT2D eigenvalue weighted by Gasteiger charge is -2.48. The lowest BCUT2D eigenvalue weighted by Crippen LogP contribution is -2.43. The van der Waals surface area contributed by atoms with Crippen LogP contribution in [0.3, 0.4) is 0 Å². The summed E-state index contributed by atoms with van der Waals surface area (Å²) >= 11 is 0. The maximum absolute atomic E-state index is 10.8. The maximum atomic E-state index is 10.8. The molecule has 4 heteroatoms. The monoisotopic (exact) mass is 463 g/mol. The first-order chi connectivity index (χ1) is 15.7. The number of fused-ring (bicyclic) bond motifs is 4. The van der Waals surface area contributed by atoms with Crippen molar-refractivity contribution in [1.82, 2.24) is 4.98 Å². The minimum absolute atomic E-state index is 0.0271. The van der Waals surface area contributed by atoms with Gasteiger partial charge in [0.15, 0.2) is 0 Å². The molecule has 5 rings (SSSR count). The molecular weight excluding hydrogens is 422 g/mol. The van der Waals surface area contributed by atoms with Crippen LogP contribution >= 0.6 is 0 Å². The van der Waals surface area contributed by atoms with Crippen LogP contribution in [0.5, 0.6) is 0 Å². The van der Waals surface area contributed by atoms with E-state index in [0.29, 0.717) is 5.69 Å². The molecule has 4 aliphatic rings. The van der Waals surface area contributed by atoms with Crippen molar-refractivity contribution >= 4 is 0 Å². The highest BCUT2D eigenvalue weighted by Gasteiger charge is 2.57. The largest absolute Gasteiger partial charge is 0.392 e. The summed E-state index contributed by atoms with van der Waals surface area (Å²) in [4.78, 5) is 4.96. The Balaban J connectivity index is 1.59. The molecule has 3 N–H and O–H groups in total. The number of nitrogens with zero attached hydrogens (tertiary/aromatic N) is 1. The van der Waals surface area contributed by atoms with Gasteiger partial charge in [-0.1, -0.05) is 51.0 Å². The fourth-order valence-electron chi connectivity index (χ4n) is 7.54. The number of aromatic nitrogens is 1. The first kappa shape index (κ1) is 24.0. The van der Waals surface area contributed by atoms with Crippen LogP contribution in [0.4, 0.5) is 0 Å². The van der Waals surface area contributed by atoms with Gasteiger partial charge in [0, 0.05) is 28.4 Å². The molecule has 0 aromatic carbocycles. The summed E-state index contributed by atoms with van der Waals surface area (Å²) in [6.07, 6.45) is 9.22. The van der Waals surface area contributed by atoms with Gasteiger partial charge in [0.2, 0.25) is 0 Å². The Bertz CT molecular complexity index is 1150. The van der Waals surface area contributed by atoms with E-state index in [0.717, 1.165) is 49.8 Å². The van der Waals surface area contributed by atoms with E-state index in [1.165, 1.54) is 22.3 Å². The van der Waals surface area contributed by atoms with Crippen molar-refractivity contribution in [1.29, 1.82) is 0 Å². The number of aliphatic hydroxyl groups is 3. The van der Waals surface area contributed by atoms with Crippen molar-refractivity contribution in [2.24, 2.45) is 10.8 Å².